The van der Waals surface area contributed by atoms with Crippen molar-refractivity contribution in [2.24, 2.45) is 0 Å². The molecule has 1 aromatic carbocycles. The van der Waals surface area contributed by atoms with Gasteiger partial charge in [-0.2, -0.15) is 0 Å². The molecule has 0 atom stereocenters. The number of hydrogen-bond donors (Lipinski definition) is 1. The Morgan fingerprint density at radius 2 is 2.13 bits per heavy atom. The standard InChI is InChI=1S/C12H17F2N/c1-10-4-2-5-11(8-10)6-3-7-15-9-12(13)14/h2,4-5,8,12,15H,3,6-7,9H2,1H3. The van der Waals surface area contributed by atoms with Gasteiger partial charge in [-0.3, -0.25) is 0 Å². The van der Waals surface area contributed by atoms with Gasteiger partial charge in [0.25, 0.3) is 6.43 Å². The van der Waals surface area contributed by atoms with E-state index in [4.69, 9.17) is 0 Å². The summed E-state index contributed by atoms with van der Waals surface area (Å²) < 4.78 is 23.6. The highest BCUT2D eigenvalue weighted by molar-refractivity contribution is 5.22. The van der Waals surface area contributed by atoms with E-state index in [1.807, 2.05) is 6.07 Å². The fraction of sp³-hybridized carbons (Fsp3) is 0.500. The summed E-state index contributed by atoms with van der Waals surface area (Å²) in [6, 6.07) is 8.28. The van der Waals surface area contributed by atoms with E-state index in [1.165, 1.54) is 11.1 Å². The minimum absolute atomic E-state index is 0.201. The Morgan fingerprint density at radius 3 is 2.80 bits per heavy atom. The van der Waals surface area contributed by atoms with Crippen LogP contribution in [0.2, 0.25) is 0 Å². The lowest BCUT2D eigenvalue weighted by Gasteiger charge is -2.04. The minimum Gasteiger partial charge on any atom is -0.311 e. The van der Waals surface area contributed by atoms with Crippen LogP contribution in [0.5, 0.6) is 0 Å². The lowest BCUT2D eigenvalue weighted by Crippen LogP contribution is -2.22. The summed E-state index contributed by atoms with van der Waals surface area (Å²) in [4.78, 5) is 0. The average Bonchev–Trinajstić information content (AvgIpc) is 2.17. The topological polar surface area (TPSA) is 12.0 Å². The molecule has 84 valence electrons. The minimum atomic E-state index is -2.25. The molecular weight excluding hydrogens is 196 g/mol. The summed E-state index contributed by atoms with van der Waals surface area (Å²) in [6.07, 6.45) is -0.405. The second-order valence-corrected chi connectivity index (χ2v) is 3.69. The van der Waals surface area contributed by atoms with E-state index in [-0.39, 0.29) is 6.54 Å². The van der Waals surface area contributed by atoms with Crippen molar-refractivity contribution in [1.29, 1.82) is 0 Å². The van der Waals surface area contributed by atoms with Crippen molar-refractivity contribution in [2.75, 3.05) is 13.1 Å². The molecule has 0 radical (unpaired) electrons. The predicted octanol–water partition coefficient (Wildman–Crippen LogP) is 2.78. The van der Waals surface area contributed by atoms with E-state index in [9.17, 15) is 8.78 Å². The highest BCUT2D eigenvalue weighted by Gasteiger charge is 2.00. The van der Waals surface area contributed by atoms with Crippen molar-refractivity contribution < 1.29 is 8.78 Å². The molecule has 0 bridgehead atoms. The SMILES string of the molecule is Cc1cccc(CCCNCC(F)F)c1. The van der Waals surface area contributed by atoms with Crippen molar-refractivity contribution in [3.8, 4) is 0 Å². The van der Waals surface area contributed by atoms with Gasteiger partial charge in [0.05, 0.1) is 6.54 Å². The maximum absolute atomic E-state index is 11.8. The van der Waals surface area contributed by atoms with Crippen molar-refractivity contribution in [1.82, 2.24) is 5.32 Å². The van der Waals surface area contributed by atoms with Gasteiger partial charge in [-0.1, -0.05) is 29.8 Å². The van der Waals surface area contributed by atoms with Crippen LogP contribution in [0.3, 0.4) is 0 Å². The highest BCUT2D eigenvalue weighted by Crippen LogP contribution is 2.05. The molecule has 0 aromatic heterocycles. The Morgan fingerprint density at radius 1 is 1.33 bits per heavy atom. The molecule has 0 saturated heterocycles. The Balaban J connectivity index is 2.15. The van der Waals surface area contributed by atoms with Gasteiger partial charge in [0, 0.05) is 0 Å². The third kappa shape index (κ3) is 5.47. The molecule has 0 unspecified atom stereocenters. The van der Waals surface area contributed by atoms with Crippen LogP contribution < -0.4 is 5.32 Å². The molecule has 0 aliphatic heterocycles. The number of nitrogens with one attached hydrogen (secondary N) is 1. The van der Waals surface area contributed by atoms with E-state index in [1.54, 1.807) is 0 Å². The third-order valence-corrected chi connectivity index (χ3v) is 2.20. The van der Waals surface area contributed by atoms with Gasteiger partial charge in [0.1, 0.15) is 0 Å². The van der Waals surface area contributed by atoms with Crippen LogP contribution in [0.4, 0.5) is 8.78 Å². The van der Waals surface area contributed by atoms with Crippen LogP contribution in [0.15, 0.2) is 24.3 Å². The van der Waals surface area contributed by atoms with Crippen LogP contribution in [0.1, 0.15) is 17.5 Å². The smallest absolute Gasteiger partial charge is 0.250 e. The van der Waals surface area contributed by atoms with Gasteiger partial charge >= 0.3 is 0 Å². The van der Waals surface area contributed by atoms with E-state index in [2.05, 4.69) is 30.4 Å². The monoisotopic (exact) mass is 213 g/mol. The number of aryl methyl sites for hydroxylation is 2. The lowest BCUT2D eigenvalue weighted by molar-refractivity contribution is 0.146. The molecule has 1 nitrogen and oxygen atoms in total. The first-order valence-electron chi connectivity index (χ1n) is 5.23. The summed E-state index contributed by atoms with van der Waals surface area (Å²) in [7, 11) is 0. The Bertz CT molecular complexity index is 287. The normalized spacial score (nSPS) is 10.9. The zero-order chi connectivity index (χ0) is 11.1. The number of hydrogen-bond acceptors (Lipinski definition) is 1. The molecule has 0 fully saturated rings. The number of benzene rings is 1. The van der Waals surface area contributed by atoms with Crippen LogP contribution in [0.25, 0.3) is 0 Å². The third-order valence-electron chi connectivity index (χ3n) is 2.20. The van der Waals surface area contributed by atoms with Gasteiger partial charge in [-0.15, -0.1) is 0 Å². The summed E-state index contributed by atoms with van der Waals surface area (Å²) in [6.45, 7) is 2.50. The second kappa shape index (κ2) is 6.51. The molecule has 15 heavy (non-hydrogen) atoms. The van der Waals surface area contributed by atoms with Crippen LogP contribution in [-0.4, -0.2) is 19.5 Å². The van der Waals surface area contributed by atoms with Gasteiger partial charge in [-0.25, -0.2) is 8.78 Å². The van der Waals surface area contributed by atoms with E-state index in [0.717, 1.165) is 12.8 Å². The van der Waals surface area contributed by atoms with Gasteiger partial charge in [-0.05, 0) is 31.9 Å². The maximum Gasteiger partial charge on any atom is 0.250 e. The summed E-state index contributed by atoms with van der Waals surface area (Å²) in [5.74, 6) is 0. The highest BCUT2D eigenvalue weighted by atomic mass is 19.3. The number of alkyl halides is 2. The summed E-state index contributed by atoms with van der Waals surface area (Å²) >= 11 is 0. The Kier molecular flexibility index (Phi) is 5.26. The van der Waals surface area contributed by atoms with Crippen LogP contribution in [-0.2, 0) is 6.42 Å². The molecule has 1 rings (SSSR count). The van der Waals surface area contributed by atoms with Crippen molar-refractivity contribution in [3.63, 3.8) is 0 Å². The molecule has 3 heteroatoms. The summed E-state index contributed by atoms with van der Waals surface area (Å²) in [5, 5.41) is 2.72. The van der Waals surface area contributed by atoms with Gasteiger partial charge in [0.15, 0.2) is 0 Å². The Hall–Kier alpha value is -0.960. The van der Waals surface area contributed by atoms with E-state index in [0.29, 0.717) is 6.54 Å². The Labute approximate surface area is 89.5 Å². The zero-order valence-corrected chi connectivity index (χ0v) is 8.97. The molecule has 0 aliphatic carbocycles. The molecule has 0 spiro atoms. The van der Waals surface area contributed by atoms with E-state index < -0.39 is 6.43 Å². The molecule has 0 aliphatic rings. The molecule has 0 amide bonds. The number of halogens is 2. The van der Waals surface area contributed by atoms with Crippen molar-refractivity contribution >= 4 is 0 Å². The molecule has 1 N–H and O–H groups in total. The molecule has 0 heterocycles. The van der Waals surface area contributed by atoms with Crippen molar-refractivity contribution in [2.45, 2.75) is 26.2 Å². The molecule has 1 aromatic rings. The first kappa shape index (κ1) is 12.1. The zero-order valence-electron chi connectivity index (χ0n) is 8.97. The van der Waals surface area contributed by atoms with Crippen LogP contribution >= 0.6 is 0 Å². The van der Waals surface area contributed by atoms with Gasteiger partial charge < -0.3 is 5.32 Å². The fourth-order valence-electron chi connectivity index (χ4n) is 1.50. The quantitative estimate of drug-likeness (QED) is 0.716. The largest absolute Gasteiger partial charge is 0.311 e. The van der Waals surface area contributed by atoms with Gasteiger partial charge in [0.2, 0.25) is 0 Å². The lowest BCUT2D eigenvalue weighted by atomic mass is 10.1. The fourth-order valence-corrected chi connectivity index (χ4v) is 1.50. The first-order chi connectivity index (χ1) is 7.18. The predicted molar refractivity (Wildman–Crippen MR) is 58.4 cm³/mol. The van der Waals surface area contributed by atoms with Crippen LogP contribution in [0, 0.1) is 6.92 Å². The van der Waals surface area contributed by atoms with E-state index >= 15 is 0 Å². The summed E-state index contributed by atoms with van der Waals surface area (Å²) in [5.41, 5.74) is 2.52. The maximum atomic E-state index is 11.8. The second-order valence-electron chi connectivity index (χ2n) is 3.69. The molecule has 0 saturated carbocycles. The first-order valence-corrected chi connectivity index (χ1v) is 5.23. The number of rotatable bonds is 6. The van der Waals surface area contributed by atoms with Crippen molar-refractivity contribution in [3.05, 3.63) is 35.4 Å². The average molecular weight is 213 g/mol. The molecular formula is C12H17F2N.